The topological polar surface area (TPSA) is 58.4 Å². The first-order valence-electron chi connectivity index (χ1n) is 7.38. The molecule has 1 N–H and O–H groups in total. The number of benzene rings is 1. The first kappa shape index (κ1) is 14.8. The summed E-state index contributed by atoms with van der Waals surface area (Å²) < 4.78 is 0. The molecular formula is C15H23N3O2. The van der Waals surface area contributed by atoms with Crippen molar-refractivity contribution in [3.05, 3.63) is 33.9 Å². The van der Waals surface area contributed by atoms with Crippen molar-refractivity contribution in [2.24, 2.45) is 0 Å². The minimum Gasteiger partial charge on any atom is -0.383 e. The van der Waals surface area contributed by atoms with Crippen molar-refractivity contribution >= 4 is 11.4 Å². The highest BCUT2D eigenvalue weighted by molar-refractivity contribution is 5.62. The lowest BCUT2D eigenvalue weighted by Gasteiger charge is -2.24. The summed E-state index contributed by atoms with van der Waals surface area (Å²) in [7, 11) is 1.72. The molecule has 5 nitrogen and oxygen atoms in total. The van der Waals surface area contributed by atoms with E-state index in [0.717, 1.165) is 25.2 Å². The Kier molecular flexibility index (Phi) is 5.35. The number of hydrogen-bond donors (Lipinski definition) is 1. The Hall–Kier alpha value is -1.62. The molecule has 1 heterocycles. The van der Waals surface area contributed by atoms with Gasteiger partial charge in [0.25, 0.3) is 5.69 Å². The van der Waals surface area contributed by atoms with Crippen LogP contribution in [-0.2, 0) is 6.54 Å². The molecule has 0 spiro atoms. The van der Waals surface area contributed by atoms with Gasteiger partial charge < -0.3 is 5.32 Å². The first-order chi connectivity index (χ1) is 9.70. The highest BCUT2D eigenvalue weighted by Gasteiger charge is 2.14. The largest absolute Gasteiger partial charge is 0.383 e. The number of nitro groups is 1. The van der Waals surface area contributed by atoms with Gasteiger partial charge in [-0.2, -0.15) is 0 Å². The fraction of sp³-hybridized carbons (Fsp3) is 0.600. The molecule has 0 saturated carbocycles. The van der Waals surface area contributed by atoms with Gasteiger partial charge in [0.05, 0.1) is 4.92 Å². The molecule has 0 bridgehead atoms. The number of hydrogen-bond acceptors (Lipinski definition) is 4. The Bertz CT molecular complexity index is 454. The standard InChI is InChI=1S/C15H23N3O2/c1-16-14-11-13(7-8-15(14)18(19)20)12-17-9-5-3-2-4-6-10-17/h7-8,11,16H,2-6,9-10,12H2,1H3. The number of anilines is 1. The Morgan fingerprint density at radius 1 is 1.20 bits per heavy atom. The van der Waals surface area contributed by atoms with Gasteiger partial charge in [-0.25, -0.2) is 0 Å². The predicted octanol–water partition coefficient (Wildman–Crippen LogP) is 3.40. The molecule has 0 radical (unpaired) electrons. The molecular weight excluding hydrogens is 254 g/mol. The van der Waals surface area contributed by atoms with E-state index in [0.29, 0.717) is 5.69 Å². The van der Waals surface area contributed by atoms with Gasteiger partial charge >= 0.3 is 0 Å². The zero-order valence-electron chi connectivity index (χ0n) is 12.1. The maximum absolute atomic E-state index is 10.9. The van der Waals surface area contributed by atoms with E-state index in [9.17, 15) is 10.1 Å². The second kappa shape index (κ2) is 7.24. The van der Waals surface area contributed by atoms with Crippen LogP contribution in [0.5, 0.6) is 0 Å². The van der Waals surface area contributed by atoms with Gasteiger partial charge in [0, 0.05) is 19.7 Å². The highest BCUT2D eigenvalue weighted by Crippen LogP contribution is 2.25. The third kappa shape index (κ3) is 3.93. The molecule has 2 rings (SSSR count). The van der Waals surface area contributed by atoms with Crippen molar-refractivity contribution < 1.29 is 4.92 Å². The van der Waals surface area contributed by atoms with E-state index in [-0.39, 0.29) is 10.6 Å². The number of nitrogens with zero attached hydrogens (tertiary/aromatic N) is 2. The number of likely N-dealkylation sites (tertiary alicyclic amines) is 1. The summed E-state index contributed by atoms with van der Waals surface area (Å²) in [6.07, 6.45) is 6.50. The lowest BCUT2D eigenvalue weighted by atomic mass is 10.1. The van der Waals surface area contributed by atoms with Crippen molar-refractivity contribution in [3.8, 4) is 0 Å². The monoisotopic (exact) mass is 277 g/mol. The van der Waals surface area contributed by atoms with Crippen LogP contribution >= 0.6 is 0 Å². The Balaban J connectivity index is 2.06. The van der Waals surface area contributed by atoms with Gasteiger partial charge in [0.15, 0.2) is 0 Å². The average molecular weight is 277 g/mol. The molecule has 0 unspecified atom stereocenters. The lowest BCUT2D eigenvalue weighted by molar-refractivity contribution is -0.384. The van der Waals surface area contributed by atoms with Crippen molar-refractivity contribution in [1.29, 1.82) is 0 Å². The van der Waals surface area contributed by atoms with Crippen molar-refractivity contribution in [1.82, 2.24) is 4.90 Å². The van der Waals surface area contributed by atoms with Crippen LogP contribution < -0.4 is 5.32 Å². The Morgan fingerprint density at radius 2 is 1.85 bits per heavy atom. The van der Waals surface area contributed by atoms with E-state index in [4.69, 9.17) is 0 Å². The zero-order valence-corrected chi connectivity index (χ0v) is 12.1. The maximum Gasteiger partial charge on any atom is 0.292 e. The van der Waals surface area contributed by atoms with Crippen LogP contribution in [0.25, 0.3) is 0 Å². The van der Waals surface area contributed by atoms with Crippen molar-refractivity contribution in [3.63, 3.8) is 0 Å². The van der Waals surface area contributed by atoms with Crippen molar-refractivity contribution in [2.45, 2.75) is 38.6 Å². The molecule has 1 aliphatic heterocycles. The summed E-state index contributed by atoms with van der Waals surface area (Å²) in [5.41, 5.74) is 1.88. The van der Waals surface area contributed by atoms with E-state index in [1.807, 2.05) is 12.1 Å². The molecule has 0 aliphatic carbocycles. The molecule has 110 valence electrons. The fourth-order valence-corrected chi connectivity index (χ4v) is 2.77. The molecule has 1 saturated heterocycles. The van der Waals surface area contributed by atoms with E-state index in [2.05, 4.69) is 10.2 Å². The molecule has 1 aliphatic rings. The molecule has 0 atom stereocenters. The molecule has 0 amide bonds. The minimum absolute atomic E-state index is 0.143. The molecule has 1 aromatic carbocycles. The SMILES string of the molecule is CNc1cc(CN2CCCCCCC2)ccc1[N+](=O)[O-]. The lowest BCUT2D eigenvalue weighted by Crippen LogP contribution is -2.26. The molecule has 0 aromatic heterocycles. The predicted molar refractivity (Wildman–Crippen MR) is 81.0 cm³/mol. The third-order valence-corrected chi connectivity index (χ3v) is 3.88. The van der Waals surface area contributed by atoms with E-state index in [1.54, 1.807) is 13.1 Å². The van der Waals surface area contributed by atoms with Gasteiger partial charge in [0.1, 0.15) is 5.69 Å². The van der Waals surface area contributed by atoms with Crippen LogP contribution in [0, 0.1) is 10.1 Å². The summed E-state index contributed by atoms with van der Waals surface area (Å²) in [4.78, 5) is 13.0. The maximum atomic E-state index is 10.9. The van der Waals surface area contributed by atoms with Crippen LogP contribution in [0.1, 0.15) is 37.7 Å². The number of nitrogens with one attached hydrogen (secondary N) is 1. The Morgan fingerprint density at radius 3 is 2.45 bits per heavy atom. The average Bonchev–Trinajstić information content (AvgIpc) is 2.41. The van der Waals surface area contributed by atoms with E-state index in [1.165, 1.54) is 32.1 Å². The fourth-order valence-electron chi connectivity index (χ4n) is 2.77. The van der Waals surface area contributed by atoms with Gasteiger partial charge in [-0.05, 0) is 37.6 Å². The van der Waals surface area contributed by atoms with Crippen LogP contribution in [0.4, 0.5) is 11.4 Å². The normalized spacial score (nSPS) is 17.2. The quantitative estimate of drug-likeness (QED) is 0.677. The van der Waals surface area contributed by atoms with Crippen LogP contribution in [0.2, 0.25) is 0 Å². The summed E-state index contributed by atoms with van der Waals surface area (Å²) >= 11 is 0. The van der Waals surface area contributed by atoms with Gasteiger partial charge in [-0.3, -0.25) is 15.0 Å². The highest BCUT2D eigenvalue weighted by atomic mass is 16.6. The summed E-state index contributed by atoms with van der Waals surface area (Å²) in [5, 5.41) is 13.8. The summed E-state index contributed by atoms with van der Waals surface area (Å²) in [6.45, 7) is 3.14. The molecule has 5 heteroatoms. The van der Waals surface area contributed by atoms with E-state index < -0.39 is 0 Å². The molecule has 20 heavy (non-hydrogen) atoms. The van der Waals surface area contributed by atoms with E-state index >= 15 is 0 Å². The van der Waals surface area contributed by atoms with Gasteiger partial charge in [-0.15, -0.1) is 0 Å². The number of rotatable bonds is 4. The van der Waals surface area contributed by atoms with Gasteiger partial charge in [0.2, 0.25) is 0 Å². The summed E-state index contributed by atoms with van der Waals surface area (Å²) in [5.74, 6) is 0. The van der Waals surface area contributed by atoms with Gasteiger partial charge in [-0.1, -0.05) is 25.3 Å². The minimum atomic E-state index is -0.342. The number of nitro benzene ring substituents is 1. The summed E-state index contributed by atoms with van der Waals surface area (Å²) in [6, 6.07) is 5.37. The Labute approximate surface area is 120 Å². The molecule has 1 aromatic rings. The van der Waals surface area contributed by atoms with Crippen molar-refractivity contribution in [2.75, 3.05) is 25.5 Å². The first-order valence-corrected chi connectivity index (χ1v) is 7.38. The smallest absolute Gasteiger partial charge is 0.292 e. The zero-order chi connectivity index (χ0) is 14.4. The molecule has 1 fully saturated rings. The second-order valence-corrected chi connectivity index (χ2v) is 5.40. The third-order valence-electron chi connectivity index (χ3n) is 3.88. The van der Waals surface area contributed by atoms with Crippen LogP contribution in [-0.4, -0.2) is 30.0 Å². The van der Waals surface area contributed by atoms with Crippen LogP contribution in [0.15, 0.2) is 18.2 Å². The van der Waals surface area contributed by atoms with Crippen LogP contribution in [0.3, 0.4) is 0 Å². The second-order valence-electron chi connectivity index (χ2n) is 5.40.